The number of aliphatic hydroxyl groups is 2. The van der Waals surface area contributed by atoms with E-state index in [1.54, 1.807) is 0 Å². The van der Waals surface area contributed by atoms with Gasteiger partial charge in [0.25, 0.3) is 10.1 Å². The van der Waals surface area contributed by atoms with Gasteiger partial charge in [-0.1, -0.05) is 6.58 Å². The molecule has 3 saturated carbocycles. The third-order valence-corrected chi connectivity index (χ3v) is 7.87. The summed E-state index contributed by atoms with van der Waals surface area (Å²) in [5.74, 6) is -1.10. The topological polar surface area (TPSA) is 110 Å². The van der Waals surface area contributed by atoms with E-state index in [0.29, 0.717) is 6.42 Å². The minimum Gasteiger partial charge on any atom is -0.458 e. The molecule has 4 rings (SSSR count). The zero-order valence-corrected chi connectivity index (χ0v) is 12.9. The average molecular weight is 330 g/mol. The second-order valence-corrected chi connectivity index (χ2v) is 8.88. The molecular formula is C14H18O7S. The van der Waals surface area contributed by atoms with Crippen molar-refractivity contribution in [2.75, 3.05) is 6.61 Å². The maximum atomic E-state index is 12.2. The van der Waals surface area contributed by atoms with Crippen molar-refractivity contribution in [1.29, 1.82) is 0 Å². The Morgan fingerprint density at radius 3 is 2.77 bits per heavy atom. The first-order valence-electron chi connectivity index (χ1n) is 7.27. The van der Waals surface area contributed by atoms with Crippen LogP contribution in [-0.2, 0) is 23.8 Å². The molecule has 1 saturated heterocycles. The molecule has 0 amide bonds. The highest BCUT2D eigenvalue weighted by Crippen LogP contribution is 2.77. The van der Waals surface area contributed by atoms with E-state index >= 15 is 0 Å². The number of hydrogen-bond donors (Lipinski definition) is 2. The van der Waals surface area contributed by atoms with Gasteiger partial charge in [-0.05, 0) is 19.8 Å². The second-order valence-electron chi connectivity index (χ2n) is 7.13. The molecule has 0 aromatic heterocycles. The minimum absolute atomic E-state index is 0.194. The van der Waals surface area contributed by atoms with E-state index in [1.165, 1.54) is 6.92 Å². The Morgan fingerprint density at radius 1 is 1.50 bits per heavy atom. The lowest BCUT2D eigenvalue weighted by Gasteiger charge is -2.54. The Morgan fingerprint density at radius 2 is 2.18 bits per heavy atom. The predicted octanol–water partition coefficient (Wildman–Crippen LogP) is -0.665. The molecule has 22 heavy (non-hydrogen) atoms. The van der Waals surface area contributed by atoms with Gasteiger partial charge in [0, 0.05) is 22.3 Å². The number of esters is 1. The minimum atomic E-state index is -3.75. The fourth-order valence-corrected chi connectivity index (χ4v) is 7.44. The summed E-state index contributed by atoms with van der Waals surface area (Å²) in [6, 6.07) is 0. The first kappa shape index (κ1) is 14.6. The number of ether oxygens (including phenoxy) is 1. The average Bonchev–Trinajstić information content (AvgIpc) is 3.00. The van der Waals surface area contributed by atoms with E-state index in [-0.39, 0.29) is 18.6 Å². The van der Waals surface area contributed by atoms with Crippen molar-refractivity contribution in [3.05, 3.63) is 12.2 Å². The molecule has 1 heterocycles. The highest BCUT2D eigenvalue weighted by molar-refractivity contribution is 7.87. The molecule has 2 bridgehead atoms. The predicted molar refractivity (Wildman–Crippen MR) is 73.0 cm³/mol. The van der Waals surface area contributed by atoms with Crippen LogP contribution in [0.3, 0.4) is 0 Å². The molecule has 7 unspecified atom stereocenters. The van der Waals surface area contributed by atoms with Crippen LogP contribution in [0.1, 0.15) is 19.8 Å². The fourth-order valence-electron chi connectivity index (χ4n) is 5.28. The SMILES string of the molecule is C=C(C)C(=O)OC1C2C(O)C3OS(=O)(=O)C4CC1(CO)CC324. The molecule has 2 N–H and O–H groups in total. The molecule has 4 aliphatic rings. The molecular weight excluding hydrogens is 312 g/mol. The van der Waals surface area contributed by atoms with Crippen molar-refractivity contribution in [1.82, 2.24) is 0 Å². The van der Waals surface area contributed by atoms with Crippen LogP contribution in [-0.4, -0.2) is 54.8 Å². The van der Waals surface area contributed by atoms with Gasteiger partial charge in [-0.3, -0.25) is 4.18 Å². The van der Waals surface area contributed by atoms with Crippen molar-refractivity contribution in [3.63, 3.8) is 0 Å². The number of carbonyl (C=O) groups is 1. The number of aliphatic hydroxyl groups excluding tert-OH is 2. The number of carbonyl (C=O) groups excluding carboxylic acids is 1. The van der Waals surface area contributed by atoms with Crippen LogP contribution < -0.4 is 0 Å². The van der Waals surface area contributed by atoms with Crippen LogP contribution in [0.25, 0.3) is 0 Å². The smallest absolute Gasteiger partial charge is 0.333 e. The third kappa shape index (κ3) is 1.34. The van der Waals surface area contributed by atoms with Gasteiger partial charge >= 0.3 is 5.97 Å². The van der Waals surface area contributed by atoms with E-state index in [2.05, 4.69) is 6.58 Å². The summed E-state index contributed by atoms with van der Waals surface area (Å²) >= 11 is 0. The van der Waals surface area contributed by atoms with E-state index < -0.39 is 56.4 Å². The summed E-state index contributed by atoms with van der Waals surface area (Å²) in [5, 5.41) is 19.4. The fraction of sp³-hybridized carbons (Fsp3) is 0.786. The molecule has 0 aromatic carbocycles. The van der Waals surface area contributed by atoms with E-state index in [4.69, 9.17) is 8.92 Å². The second kappa shape index (κ2) is 3.92. The van der Waals surface area contributed by atoms with Gasteiger partial charge in [0.15, 0.2) is 0 Å². The molecule has 8 heteroatoms. The molecule has 0 radical (unpaired) electrons. The Hall–Kier alpha value is -0.960. The first-order valence-corrected chi connectivity index (χ1v) is 8.74. The van der Waals surface area contributed by atoms with Crippen molar-refractivity contribution in [2.45, 2.75) is 43.3 Å². The quantitative estimate of drug-likeness (QED) is 0.401. The van der Waals surface area contributed by atoms with Crippen LogP contribution >= 0.6 is 0 Å². The lowest BCUT2D eigenvalue weighted by molar-refractivity contribution is -0.213. The molecule has 122 valence electrons. The summed E-state index contributed by atoms with van der Waals surface area (Å²) in [6.07, 6.45) is -1.91. The van der Waals surface area contributed by atoms with Gasteiger partial charge in [-0.25, -0.2) is 4.79 Å². The van der Waals surface area contributed by atoms with Crippen molar-refractivity contribution < 1.29 is 32.3 Å². The highest BCUT2D eigenvalue weighted by Gasteiger charge is 2.87. The lowest BCUT2D eigenvalue weighted by atomic mass is 9.54. The van der Waals surface area contributed by atoms with Gasteiger partial charge in [0.2, 0.25) is 0 Å². The first-order chi connectivity index (χ1) is 10.2. The lowest BCUT2D eigenvalue weighted by Crippen LogP contribution is -2.67. The van der Waals surface area contributed by atoms with Crippen LogP contribution in [0.5, 0.6) is 0 Å². The molecule has 0 aromatic rings. The molecule has 4 fully saturated rings. The maximum Gasteiger partial charge on any atom is 0.333 e. The van der Waals surface area contributed by atoms with Crippen molar-refractivity contribution >= 4 is 16.1 Å². The van der Waals surface area contributed by atoms with Gasteiger partial charge in [-0.2, -0.15) is 8.42 Å². The number of fused-ring (bicyclic) bond motifs is 1. The van der Waals surface area contributed by atoms with Crippen LogP contribution in [0.15, 0.2) is 12.2 Å². The van der Waals surface area contributed by atoms with E-state index in [9.17, 15) is 23.4 Å². The van der Waals surface area contributed by atoms with E-state index in [1.807, 2.05) is 0 Å². The molecule has 3 aliphatic carbocycles. The molecule has 1 aliphatic heterocycles. The van der Waals surface area contributed by atoms with Crippen molar-refractivity contribution in [3.8, 4) is 0 Å². The highest BCUT2D eigenvalue weighted by atomic mass is 32.2. The van der Waals surface area contributed by atoms with Gasteiger partial charge in [0.1, 0.15) is 12.2 Å². The molecule has 7 atom stereocenters. The summed E-state index contributed by atoms with van der Waals surface area (Å²) in [5.41, 5.74) is -1.33. The third-order valence-electron chi connectivity index (χ3n) is 6.09. The summed E-state index contributed by atoms with van der Waals surface area (Å²) in [7, 11) is -3.75. The Bertz CT molecular complexity index is 685. The zero-order valence-electron chi connectivity index (χ0n) is 12.1. The van der Waals surface area contributed by atoms with Gasteiger partial charge in [-0.15, -0.1) is 0 Å². The maximum absolute atomic E-state index is 12.2. The Labute approximate surface area is 128 Å². The number of hydrogen-bond acceptors (Lipinski definition) is 7. The largest absolute Gasteiger partial charge is 0.458 e. The monoisotopic (exact) mass is 330 g/mol. The van der Waals surface area contributed by atoms with Gasteiger partial charge < -0.3 is 14.9 Å². The summed E-state index contributed by atoms with van der Waals surface area (Å²) in [4.78, 5) is 11.9. The van der Waals surface area contributed by atoms with Crippen molar-refractivity contribution in [2.24, 2.45) is 16.7 Å². The van der Waals surface area contributed by atoms with Crippen LogP contribution in [0, 0.1) is 16.7 Å². The summed E-state index contributed by atoms with van der Waals surface area (Å²) in [6.45, 7) is 4.76. The van der Waals surface area contributed by atoms with Crippen LogP contribution in [0.2, 0.25) is 0 Å². The van der Waals surface area contributed by atoms with Crippen LogP contribution in [0.4, 0.5) is 0 Å². The number of rotatable bonds is 3. The Kier molecular flexibility index (Phi) is 2.61. The van der Waals surface area contributed by atoms with Gasteiger partial charge in [0.05, 0.1) is 18.0 Å². The zero-order chi connectivity index (χ0) is 16.1. The Balaban J connectivity index is 1.77. The molecule has 1 spiro atoms. The normalized spacial score (nSPS) is 53.0. The van der Waals surface area contributed by atoms with E-state index in [0.717, 1.165) is 0 Å². The standard InChI is InChI=1S/C14H18O7S/c1-6(2)12(17)20-10-8-9(16)11-14(8)4-13(10,5-15)3-7(14)22(18,19)21-11/h7-11,15-16H,1,3-5H2,2H3. The molecule has 7 nitrogen and oxygen atoms in total. The summed E-state index contributed by atoms with van der Waals surface area (Å²) < 4.78 is 34.9.